The van der Waals surface area contributed by atoms with Crippen molar-refractivity contribution >= 4 is 0 Å². The van der Waals surface area contributed by atoms with E-state index >= 15 is 0 Å². The van der Waals surface area contributed by atoms with Crippen LogP contribution in [-0.2, 0) is 0 Å². The van der Waals surface area contributed by atoms with Gasteiger partial charge in [-0.25, -0.2) is 4.98 Å². The van der Waals surface area contributed by atoms with Gasteiger partial charge in [0.25, 0.3) is 5.88 Å². The van der Waals surface area contributed by atoms with E-state index in [1.165, 1.54) is 0 Å². The van der Waals surface area contributed by atoms with Crippen molar-refractivity contribution in [1.29, 1.82) is 0 Å². The molecule has 88 valence electrons. The Morgan fingerprint density at radius 2 is 2.31 bits per heavy atom. The van der Waals surface area contributed by atoms with Gasteiger partial charge in [0.1, 0.15) is 6.10 Å². The summed E-state index contributed by atoms with van der Waals surface area (Å²) in [6.07, 6.45) is 4.02. The first-order valence-corrected chi connectivity index (χ1v) is 5.78. The third-order valence-electron chi connectivity index (χ3n) is 2.84. The molecule has 0 bridgehead atoms. The maximum absolute atomic E-state index is 5.77. The highest BCUT2D eigenvalue weighted by Crippen LogP contribution is 2.33. The van der Waals surface area contributed by atoms with Crippen LogP contribution in [0.4, 0.5) is 0 Å². The molecule has 2 N–H and O–H groups in total. The topological polar surface area (TPSA) is 57.4 Å². The molecule has 1 aliphatic carbocycles. The van der Waals surface area contributed by atoms with Crippen molar-refractivity contribution in [3.05, 3.63) is 18.3 Å². The number of aromatic nitrogens is 1. The second-order valence-electron chi connectivity index (χ2n) is 4.05. The van der Waals surface area contributed by atoms with Crippen molar-refractivity contribution in [2.24, 2.45) is 11.7 Å². The number of hydrogen-bond donors (Lipinski definition) is 1. The van der Waals surface area contributed by atoms with Gasteiger partial charge in [0.15, 0.2) is 5.75 Å². The van der Waals surface area contributed by atoms with Crippen LogP contribution in [0, 0.1) is 5.92 Å². The first-order valence-electron chi connectivity index (χ1n) is 5.78. The van der Waals surface area contributed by atoms with Crippen molar-refractivity contribution in [3.8, 4) is 11.6 Å². The Morgan fingerprint density at radius 1 is 1.50 bits per heavy atom. The van der Waals surface area contributed by atoms with E-state index < -0.39 is 0 Å². The van der Waals surface area contributed by atoms with E-state index in [4.69, 9.17) is 15.2 Å². The van der Waals surface area contributed by atoms with E-state index in [2.05, 4.69) is 4.98 Å². The highest BCUT2D eigenvalue weighted by molar-refractivity contribution is 5.32. The predicted molar refractivity (Wildman–Crippen MR) is 61.6 cm³/mol. The van der Waals surface area contributed by atoms with Crippen LogP contribution in [0.1, 0.15) is 19.8 Å². The largest absolute Gasteiger partial charge is 0.488 e. The number of nitrogens with two attached hydrogens (primary N) is 1. The molecule has 0 atom stereocenters. The van der Waals surface area contributed by atoms with Gasteiger partial charge >= 0.3 is 0 Å². The summed E-state index contributed by atoms with van der Waals surface area (Å²) in [7, 11) is 0. The number of nitrogens with zero attached hydrogens (tertiary/aromatic N) is 1. The molecule has 0 aliphatic heterocycles. The monoisotopic (exact) mass is 222 g/mol. The first-order chi connectivity index (χ1) is 7.83. The lowest BCUT2D eigenvalue weighted by atomic mass is 9.82. The molecule has 1 saturated carbocycles. The molecular formula is C12H18N2O2. The van der Waals surface area contributed by atoms with Crippen LogP contribution in [0.5, 0.6) is 11.6 Å². The Morgan fingerprint density at radius 3 is 3.00 bits per heavy atom. The van der Waals surface area contributed by atoms with E-state index in [0.29, 0.717) is 18.4 Å². The Labute approximate surface area is 95.8 Å². The van der Waals surface area contributed by atoms with Gasteiger partial charge in [-0.15, -0.1) is 0 Å². The minimum atomic E-state index is 0.252. The summed E-state index contributed by atoms with van der Waals surface area (Å²) in [6, 6.07) is 3.73. The lowest BCUT2D eigenvalue weighted by Crippen LogP contribution is -2.38. The van der Waals surface area contributed by atoms with E-state index in [0.717, 1.165) is 25.1 Å². The molecule has 4 nitrogen and oxygen atoms in total. The standard InChI is InChI=1S/C12H18N2O2/c1-2-15-11-4-3-5-14-12(11)16-10-6-9(7-10)8-13/h3-5,9-10H,2,6-8,13H2,1H3. The Kier molecular flexibility index (Phi) is 3.62. The molecule has 0 radical (unpaired) electrons. The molecule has 1 heterocycles. The summed E-state index contributed by atoms with van der Waals surface area (Å²) in [6.45, 7) is 3.32. The number of pyridine rings is 1. The molecular weight excluding hydrogens is 204 g/mol. The molecule has 0 unspecified atom stereocenters. The Bertz CT molecular complexity index is 338. The predicted octanol–water partition coefficient (Wildman–Crippen LogP) is 1.60. The molecule has 0 saturated heterocycles. The van der Waals surface area contributed by atoms with Crippen LogP contribution in [0.25, 0.3) is 0 Å². The fraction of sp³-hybridized carbons (Fsp3) is 0.583. The van der Waals surface area contributed by atoms with Crippen LogP contribution in [0.2, 0.25) is 0 Å². The summed E-state index contributed by atoms with van der Waals surface area (Å²) >= 11 is 0. The summed E-state index contributed by atoms with van der Waals surface area (Å²) < 4.78 is 11.2. The maximum Gasteiger partial charge on any atom is 0.257 e. The van der Waals surface area contributed by atoms with Crippen LogP contribution in [-0.4, -0.2) is 24.2 Å². The zero-order valence-electron chi connectivity index (χ0n) is 9.56. The average molecular weight is 222 g/mol. The van der Waals surface area contributed by atoms with E-state index in [1.807, 2.05) is 19.1 Å². The minimum absolute atomic E-state index is 0.252. The molecule has 0 amide bonds. The van der Waals surface area contributed by atoms with Gasteiger partial charge in [0.05, 0.1) is 6.61 Å². The van der Waals surface area contributed by atoms with Crippen LogP contribution >= 0.6 is 0 Å². The maximum atomic E-state index is 5.77. The normalized spacial score (nSPS) is 23.6. The molecule has 2 rings (SSSR count). The second-order valence-corrected chi connectivity index (χ2v) is 4.05. The summed E-state index contributed by atoms with van der Waals surface area (Å²) in [5, 5.41) is 0. The first kappa shape index (κ1) is 11.2. The zero-order chi connectivity index (χ0) is 11.4. The fourth-order valence-corrected chi connectivity index (χ4v) is 1.85. The number of rotatable bonds is 5. The highest BCUT2D eigenvalue weighted by Gasteiger charge is 2.30. The average Bonchev–Trinajstić information content (AvgIpc) is 2.25. The molecule has 1 aromatic heterocycles. The van der Waals surface area contributed by atoms with Gasteiger partial charge in [-0.05, 0) is 44.4 Å². The van der Waals surface area contributed by atoms with E-state index in [-0.39, 0.29) is 6.10 Å². The fourth-order valence-electron chi connectivity index (χ4n) is 1.85. The van der Waals surface area contributed by atoms with Gasteiger partial charge in [0, 0.05) is 6.20 Å². The van der Waals surface area contributed by atoms with Crippen LogP contribution < -0.4 is 15.2 Å². The quantitative estimate of drug-likeness (QED) is 0.822. The van der Waals surface area contributed by atoms with Gasteiger partial charge in [-0.3, -0.25) is 0 Å². The third-order valence-corrected chi connectivity index (χ3v) is 2.84. The van der Waals surface area contributed by atoms with Gasteiger partial charge < -0.3 is 15.2 Å². The summed E-state index contributed by atoms with van der Waals surface area (Å²) in [4.78, 5) is 4.19. The van der Waals surface area contributed by atoms with E-state index in [1.54, 1.807) is 6.20 Å². The van der Waals surface area contributed by atoms with Crippen molar-refractivity contribution in [2.45, 2.75) is 25.9 Å². The summed E-state index contributed by atoms with van der Waals surface area (Å²) in [5.41, 5.74) is 5.57. The van der Waals surface area contributed by atoms with Gasteiger partial charge in [0.2, 0.25) is 0 Å². The van der Waals surface area contributed by atoms with Crippen molar-refractivity contribution < 1.29 is 9.47 Å². The number of hydrogen-bond acceptors (Lipinski definition) is 4. The Balaban J connectivity index is 1.93. The van der Waals surface area contributed by atoms with Gasteiger partial charge in [-0.2, -0.15) is 0 Å². The summed E-state index contributed by atoms with van der Waals surface area (Å²) in [5.74, 6) is 1.94. The minimum Gasteiger partial charge on any atom is -0.488 e. The zero-order valence-corrected chi connectivity index (χ0v) is 9.56. The van der Waals surface area contributed by atoms with E-state index in [9.17, 15) is 0 Å². The highest BCUT2D eigenvalue weighted by atomic mass is 16.5. The van der Waals surface area contributed by atoms with Crippen molar-refractivity contribution in [3.63, 3.8) is 0 Å². The second kappa shape index (κ2) is 5.16. The molecule has 16 heavy (non-hydrogen) atoms. The molecule has 0 spiro atoms. The smallest absolute Gasteiger partial charge is 0.257 e. The Hall–Kier alpha value is -1.29. The lowest BCUT2D eigenvalue weighted by Gasteiger charge is -2.34. The van der Waals surface area contributed by atoms with Crippen LogP contribution in [0.3, 0.4) is 0 Å². The van der Waals surface area contributed by atoms with Gasteiger partial charge in [-0.1, -0.05) is 0 Å². The SMILES string of the molecule is CCOc1cccnc1OC1CC(CN)C1. The molecule has 1 aromatic rings. The molecule has 4 heteroatoms. The van der Waals surface area contributed by atoms with Crippen molar-refractivity contribution in [1.82, 2.24) is 4.98 Å². The lowest BCUT2D eigenvalue weighted by molar-refractivity contribution is 0.0614. The van der Waals surface area contributed by atoms with Crippen LogP contribution in [0.15, 0.2) is 18.3 Å². The molecule has 0 aromatic carbocycles. The molecule has 1 aliphatic rings. The third kappa shape index (κ3) is 2.44. The molecule has 1 fully saturated rings. The van der Waals surface area contributed by atoms with Crippen molar-refractivity contribution in [2.75, 3.05) is 13.2 Å². The number of ether oxygens (including phenoxy) is 2.